The normalized spacial score (nSPS) is 10.4. The van der Waals surface area contributed by atoms with Crippen LogP contribution in [0.25, 0.3) is 0 Å². The highest BCUT2D eigenvalue weighted by Gasteiger charge is 2.18. The van der Waals surface area contributed by atoms with Crippen LogP contribution in [0.1, 0.15) is 10.4 Å². The van der Waals surface area contributed by atoms with Crippen molar-refractivity contribution in [2.45, 2.75) is 0 Å². The van der Waals surface area contributed by atoms with Crippen LogP contribution in [0.15, 0.2) is 46.9 Å². The van der Waals surface area contributed by atoms with Gasteiger partial charge in [-0.05, 0) is 40.2 Å². The molecule has 0 radical (unpaired) electrons. The van der Waals surface area contributed by atoms with Crippen LogP contribution in [0.4, 0.5) is 23.0 Å². The summed E-state index contributed by atoms with van der Waals surface area (Å²) in [5.74, 6) is 0.557. The average Bonchev–Trinajstić information content (AvgIpc) is 3.05. The summed E-state index contributed by atoms with van der Waals surface area (Å²) in [6.45, 7) is 0. The zero-order valence-corrected chi connectivity index (χ0v) is 16.4. The fraction of sp³-hybridized carbons (Fsp3) is 0.118. The van der Waals surface area contributed by atoms with Crippen LogP contribution < -0.4 is 10.6 Å². The van der Waals surface area contributed by atoms with Crippen molar-refractivity contribution in [3.8, 4) is 5.75 Å². The second-order valence-electron chi connectivity index (χ2n) is 5.59. The van der Waals surface area contributed by atoms with Crippen molar-refractivity contribution >= 4 is 56.6 Å². The molecule has 7 nitrogen and oxygen atoms in total. The van der Waals surface area contributed by atoms with E-state index in [1.165, 1.54) is 4.90 Å². The van der Waals surface area contributed by atoms with Gasteiger partial charge in [0.25, 0.3) is 5.91 Å². The van der Waals surface area contributed by atoms with Gasteiger partial charge in [-0.3, -0.25) is 4.79 Å². The van der Waals surface area contributed by atoms with Crippen molar-refractivity contribution in [1.29, 1.82) is 0 Å². The highest BCUT2D eigenvalue weighted by molar-refractivity contribution is 9.10. The van der Waals surface area contributed by atoms with E-state index in [2.05, 4.69) is 35.3 Å². The molecule has 134 valence electrons. The van der Waals surface area contributed by atoms with Crippen LogP contribution in [0.2, 0.25) is 0 Å². The predicted octanol–water partition coefficient (Wildman–Crippen LogP) is 4.20. The molecule has 0 spiro atoms. The van der Waals surface area contributed by atoms with Crippen molar-refractivity contribution in [2.75, 3.05) is 24.7 Å². The predicted molar refractivity (Wildman–Crippen MR) is 107 cm³/mol. The second-order valence-corrected chi connectivity index (χ2v) is 6.98. The highest BCUT2D eigenvalue weighted by atomic mass is 79.9. The number of halogens is 1. The first-order valence-electron chi connectivity index (χ1n) is 7.62. The maximum atomic E-state index is 12.2. The first-order valence-corrected chi connectivity index (χ1v) is 9.14. The third-order valence-electron chi connectivity index (χ3n) is 3.54. The van der Waals surface area contributed by atoms with Gasteiger partial charge in [-0.15, -0.1) is 0 Å². The van der Waals surface area contributed by atoms with E-state index >= 15 is 0 Å². The zero-order valence-electron chi connectivity index (χ0n) is 14.0. The van der Waals surface area contributed by atoms with Gasteiger partial charge in [-0.2, -0.15) is 8.75 Å². The van der Waals surface area contributed by atoms with Gasteiger partial charge in [0.1, 0.15) is 0 Å². The highest BCUT2D eigenvalue weighted by Crippen LogP contribution is 2.34. The summed E-state index contributed by atoms with van der Waals surface area (Å²) in [5, 5.41) is 16.7. The van der Waals surface area contributed by atoms with E-state index in [0.29, 0.717) is 17.3 Å². The minimum Gasteiger partial charge on any atom is -0.505 e. The molecule has 0 atom stereocenters. The Bertz CT molecular complexity index is 944. The van der Waals surface area contributed by atoms with Gasteiger partial charge in [-0.25, -0.2) is 0 Å². The SMILES string of the molecule is CN(C)C(=O)c1cccc(Nc2nsnc2Nc2ccccc2Br)c1O. The molecule has 3 rings (SSSR count). The number of nitrogens with one attached hydrogen (secondary N) is 2. The molecule has 0 unspecified atom stereocenters. The van der Waals surface area contributed by atoms with Gasteiger partial charge in [0, 0.05) is 18.6 Å². The van der Waals surface area contributed by atoms with Crippen LogP contribution >= 0.6 is 27.7 Å². The average molecular weight is 434 g/mol. The van der Waals surface area contributed by atoms with Crippen LogP contribution in [-0.4, -0.2) is 38.8 Å². The largest absolute Gasteiger partial charge is 0.505 e. The van der Waals surface area contributed by atoms with E-state index in [1.807, 2.05) is 24.3 Å². The van der Waals surface area contributed by atoms with Crippen LogP contribution in [0.5, 0.6) is 5.75 Å². The molecule has 0 bridgehead atoms. The molecular weight excluding hydrogens is 418 g/mol. The van der Waals surface area contributed by atoms with Crippen molar-refractivity contribution in [1.82, 2.24) is 13.6 Å². The number of rotatable bonds is 5. The maximum Gasteiger partial charge on any atom is 0.257 e. The van der Waals surface area contributed by atoms with E-state index in [9.17, 15) is 9.90 Å². The molecule has 9 heteroatoms. The van der Waals surface area contributed by atoms with Crippen LogP contribution in [-0.2, 0) is 0 Å². The number of amides is 1. The van der Waals surface area contributed by atoms with Gasteiger partial charge in [0.05, 0.1) is 28.7 Å². The number of carbonyl (C=O) groups excluding carboxylic acids is 1. The summed E-state index contributed by atoms with van der Waals surface area (Å²) < 4.78 is 9.36. The van der Waals surface area contributed by atoms with Crippen molar-refractivity contribution < 1.29 is 9.90 Å². The zero-order chi connectivity index (χ0) is 18.7. The molecule has 3 N–H and O–H groups in total. The number of hydrogen-bond donors (Lipinski definition) is 3. The maximum absolute atomic E-state index is 12.2. The van der Waals surface area contributed by atoms with Crippen molar-refractivity contribution in [3.63, 3.8) is 0 Å². The fourth-order valence-corrected chi connectivity index (χ4v) is 3.08. The first kappa shape index (κ1) is 18.2. The van der Waals surface area contributed by atoms with Crippen LogP contribution in [0.3, 0.4) is 0 Å². The van der Waals surface area contributed by atoms with E-state index in [0.717, 1.165) is 21.9 Å². The number of aromatic nitrogens is 2. The number of carbonyl (C=O) groups is 1. The third-order valence-corrected chi connectivity index (χ3v) is 4.76. The lowest BCUT2D eigenvalue weighted by Gasteiger charge is -2.14. The van der Waals surface area contributed by atoms with Crippen LogP contribution in [0, 0.1) is 0 Å². The van der Waals surface area contributed by atoms with Crippen molar-refractivity contribution in [2.24, 2.45) is 0 Å². The molecule has 0 fully saturated rings. The Morgan fingerprint density at radius 1 is 1.04 bits per heavy atom. The molecule has 0 aliphatic rings. The number of hydrogen-bond acceptors (Lipinski definition) is 7. The minimum atomic E-state index is -0.283. The van der Waals surface area contributed by atoms with E-state index < -0.39 is 0 Å². The lowest BCUT2D eigenvalue weighted by Crippen LogP contribution is -2.21. The van der Waals surface area contributed by atoms with Gasteiger partial charge in [-0.1, -0.05) is 18.2 Å². The van der Waals surface area contributed by atoms with Gasteiger partial charge in [0.15, 0.2) is 17.4 Å². The molecule has 3 aromatic rings. The number of nitrogens with zero attached hydrogens (tertiary/aromatic N) is 3. The lowest BCUT2D eigenvalue weighted by atomic mass is 10.1. The number of phenols is 1. The third kappa shape index (κ3) is 3.78. The van der Waals surface area contributed by atoms with E-state index in [1.54, 1.807) is 32.3 Å². The smallest absolute Gasteiger partial charge is 0.257 e. The summed E-state index contributed by atoms with van der Waals surface area (Å²) in [5.41, 5.74) is 1.42. The van der Waals surface area contributed by atoms with Gasteiger partial charge in [0.2, 0.25) is 0 Å². The summed E-state index contributed by atoms with van der Waals surface area (Å²) in [4.78, 5) is 13.6. The Morgan fingerprint density at radius 2 is 1.65 bits per heavy atom. The Morgan fingerprint density at radius 3 is 2.31 bits per heavy atom. The molecule has 0 saturated carbocycles. The topological polar surface area (TPSA) is 90.4 Å². The Labute approximate surface area is 163 Å². The minimum absolute atomic E-state index is 0.133. The molecule has 1 aromatic heterocycles. The van der Waals surface area contributed by atoms with E-state index in [-0.39, 0.29) is 17.2 Å². The monoisotopic (exact) mass is 433 g/mol. The number of anilines is 4. The molecule has 0 saturated heterocycles. The Kier molecular flexibility index (Phi) is 5.38. The Balaban J connectivity index is 1.87. The van der Waals surface area contributed by atoms with Gasteiger partial charge < -0.3 is 20.6 Å². The number of benzene rings is 2. The molecule has 0 aliphatic carbocycles. The summed E-state index contributed by atoms with van der Waals surface area (Å²) in [6.07, 6.45) is 0. The summed E-state index contributed by atoms with van der Waals surface area (Å²) >= 11 is 4.51. The Hall–Kier alpha value is -2.65. The number of para-hydroxylation sites is 2. The molecule has 26 heavy (non-hydrogen) atoms. The summed E-state index contributed by atoms with van der Waals surface area (Å²) in [7, 11) is 3.26. The summed E-state index contributed by atoms with van der Waals surface area (Å²) in [6, 6.07) is 12.6. The molecular formula is C17H16BrN5O2S. The number of phenolic OH excluding ortho intramolecular Hbond substituents is 1. The molecule has 1 heterocycles. The number of aromatic hydroxyl groups is 1. The molecule has 0 aliphatic heterocycles. The first-order chi connectivity index (χ1) is 12.5. The standard InChI is InChI=1S/C17H16BrN5O2S/c1-23(2)17(25)10-6-5-9-13(14(10)24)20-16-15(21-26-22-16)19-12-8-4-3-7-11(12)18/h3-9,24H,1-2H3,(H,19,21)(H,20,22). The van der Waals surface area contributed by atoms with Gasteiger partial charge >= 0.3 is 0 Å². The van der Waals surface area contributed by atoms with E-state index in [4.69, 9.17) is 0 Å². The quantitative estimate of drug-likeness (QED) is 0.522. The second kappa shape index (κ2) is 7.71. The fourth-order valence-electron chi connectivity index (χ4n) is 2.23. The molecule has 1 amide bonds. The van der Waals surface area contributed by atoms with Crippen molar-refractivity contribution in [3.05, 3.63) is 52.5 Å². The molecule has 2 aromatic carbocycles. The lowest BCUT2D eigenvalue weighted by molar-refractivity contribution is 0.0824.